The third-order valence-electron chi connectivity index (χ3n) is 3.23. The third-order valence-corrected chi connectivity index (χ3v) is 4.09. The molecular weight excluding hydrogens is 330 g/mol. The van der Waals surface area contributed by atoms with Crippen LogP contribution in [0, 0.1) is 13.8 Å². The SMILES string of the molecule is Cc1cccc(OCC(O)CNc2cccc(Br)c2C)c1. The molecule has 0 aliphatic rings. The number of hydrogen-bond acceptors (Lipinski definition) is 3. The van der Waals surface area contributed by atoms with Crippen LogP contribution in [0.25, 0.3) is 0 Å². The highest BCUT2D eigenvalue weighted by Gasteiger charge is 2.07. The third kappa shape index (κ3) is 4.76. The second kappa shape index (κ2) is 7.48. The number of benzene rings is 2. The number of aliphatic hydroxyl groups is 1. The van der Waals surface area contributed by atoms with E-state index in [1.165, 1.54) is 0 Å². The highest BCUT2D eigenvalue weighted by atomic mass is 79.9. The summed E-state index contributed by atoms with van der Waals surface area (Å²) in [6.45, 7) is 4.76. The van der Waals surface area contributed by atoms with E-state index in [9.17, 15) is 5.11 Å². The molecule has 0 radical (unpaired) electrons. The minimum Gasteiger partial charge on any atom is -0.491 e. The van der Waals surface area contributed by atoms with Crippen LogP contribution in [-0.4, -0.2) is 24.4 Å². The van der Waals surface area contributed by atoms with E-state index in [2.05, 4.69) is 21.2 Å². The molecule has 1 atom stereocenters. The summed E-state index contributed by atoms with van der Waals surface area (Å²) >= 11 is 3.49. The lowest BCUT2D eigenvalue weighted by molar-refractivity contribution is 0.117. The summed E-state index contributed by atoms with van der Waals surface area (Å²) in [5.41, 5.74) is 3.29. The molecule has 2 aromatic carbocycles. The molecule has 0 fully saturated rings. The van der Waals surface area contributed by atoms with Gasteiger partial charge in [-0.3, -0.25) is 0 Å². The molecule has 0 aliphatic heterocycles. The van der Waals surface area contributed by atoms with Crippen LogP contribution in [0.5, 0.6) is 5.75 Å². The van der Waals surface area contributed by atoms with Crippen LogP contribution in [0.4, 0.5) is 5.69 Å². The van der Waals surface area contributed by atoms with Gasteiger partial charge in [0, 0.05) is 16.7 Å². The number of hydrogen-bond donors (Lipinski definition) is 2. The fourth-order valence-electron chi connectivity index (χ4n) is 1.98. The molecule has 1 unspecified atom stereocenters. The number of aryl methyl sites for hydroxylation is 1. The maximum Gasteiger partial charge on any atom is 0.119 e. The molecule has 2 rings (SSSR count). The number of ether oxygens (including phenoxy) is 1. The molecular formula is C17H20BrNO2. The molecule has 0 aliphatic carbocycles. The van der Waals surface area contributed by atoms with Crippen LogP contribution >= 0.6 is 15.9 Å². The first-order valence-electron chi connectivity index (χ1n) is 6.93. The van der Waals surface area contributed by atoms with Gasteiger partial charge < -0.3 is 15.2 Å². The lowest BCUT2D eigenvalue weighted by Crippen LogP contribution is -2.26. The minimum absolute atomic E-state index is 0.267. The normalized spacial score (nSPS) is 12.0. The molecule has 2 aromatic rings. The Hall–Kier alpha value is -1.52. The summed E-state index contributed by atoms with van der Waals surface area (Å²) in [5.74, 6) is 0.785. The molecule has 21 heavy (non-hydrogen) atoms. The molecule has 4 heteroatoms. The van der Waals surface area contributed by atoms with Gasteiger partial charge in [0.2, 0.25) is 0 Å². The van der Waals surface area contributed by atoms with E-state index in [4.69, 9.17) is 4.74 Å². The van der Waals surface area contributed by atoms with E-state index in [0.29, 0.717) is 6.54 Å². The summed E-state index contributed by atoms with van der Waals surface area (Å²) < 4.78 is 6.65. The van der Waals surface area contributed by atoms with Crippen LogP contribution in [0.1, 0.15) is 11.1 Å². The van der Waals surface area contributed by atoms with Gasteiger partial charge in [-0.2, -0.15) is 0 Å². The van der Waals surface area contributed by atoms with Crippen molar-refractivity contribution in [3.8, 4) is 5.75 Å². The molecule has 0 saturated heterocycles. The Morgan fingerprint density at radius 3 is 2.71 bits per heavy atom. The zero-order valence-corrected chi connectivity index (χ0v) is 13.9. The van der Waals surface area contributed by atoms with Gasteiger partial charge in [-0.25, -0.2) is 0 Å². The Morgan fingerprint density at radius 1 is 1.19 bits per heavy atom. The van der Waals surface area contributed by atoms with E-state index in [-0.39, 0.29) is 6.61 Å². The van der Waals surface area contributed by atoms with Crippen LogP contribution < -0.4 is 10.1 Å². The summed E-state index contributed by atoms with van der Waals surface area (Å²) in [6, 6.07) is 13.8. The predicted octanol–water partition coefficient (Wildman–Crippen LogP) is 3.92. The summed E-state index contributed by atoms with van der Waals surface area (Å²) in [4.78, 5) is 0. The second-order valence-electron chi connectivity index (χ2n) is 5.07. The van der Waals surface area contributed by atoms with Crippen molar-refractivity contribution in [1.29, 1.82) is 0 Å². The van der Waals surface area contributed by atoms with Gasteiger partial charge in [-0.05, 0) is 49.2 Å². The Balaban J connectivity index is 1.82. The number of rotatable bonds is 6. The summed E-state index contributed by atoms with van der Waals surface area (Å²) in [6.07, 6.45) is -0.566. The average Bonchev–Trinajstić information content (AvgIpc) is 2.47. The molecule has 0 amide bonds. The standard InChI is InChI=1S/C17H20BrNO2/c1-12-5-3-6-15(9-12)21-11-14(20)10-19-17-8-4-7-16(18)13(17)2/h3-9,14,19-20H,10-11H2,1-2H3. The second-order valence-corrected chi connectivity index (χ2v) is 5.93. The first kappa shape index (κ1) is 15.9. The fraction of sp³-hybridized carbons (Fsp3) is 0.294. The van der Waals surface area contributed by atoms with Crippen LogP contribution in [-0.2, 0) is 0 Å². The van der Waals surface area contributed by atoms with Crippen molar-refractivity contribution >= 4 is 21.6 Å². The number of halogens is 1. The number of nitrogens with one attached hydrogen (secondary N) is 1. The van der Waals surface area contributed by atoms with Crippen molar-refractivity contribution in [3.05, 3.63) is 58.1 Å². The van der Waals surface area contributed by atoms with E-state index in [1.54, 1.807) is 0 Å². The molecule has 3 nitrogen and oxygen atoms in total. The highest BCUT2D eigenvalue weighted by Crippen LogP contribution is 2.23. The Morgan fingerprint density at radius 2 is 1.95 bits per heavy atom. The fourth-order valence-corrected chi connectivity index (χ4v) is 2.35. The smallest absolute Gasteiger partial charge is 0.119 e. The summed E-state index contributed by atoms with van der Waals surface area (Å²) in [7, 11) is 0. The Labute approximate surface area is 134 Å². The van der Waals surface area contributed by atoms with Crippen molar-refractivity contribution in [2.45, 2.75) is 20.0 Å². The molecule has 0 aromatic heterocycles. The van der Waals surface area contributed by atoms with Crippen molar-refractivity contribution in [3.63, 3.8) is 0 Å². The van der Waals surface area contributed by atoms with Gasteiger partial charge in [-0.1, -0.05) is 34.1 Å². The number of aliphatic hydroxyl groups excluding tert-OH is 1. The maximum absolute atomic E-state index is 10.0. The van der Waals surface area contributed by atoms with Crippen LogP contribution in [0.15, 0.2) is 46.9 Å². The first-order chi connectivity index (χ1) is 10.1. The topological polar surface area (TPSA) is 41.5 Å². The molecule has 0 bridgehead atoms. The lowest BCUT2D eigenvalue weighted by atomic mass is 10.2. The van der Waals surface area contributed by atoms with E-state index < -0.39 is 6.10 Å². The molecule has 0 heterocycles. The van der Waals surface area contributed by atoms with Crippen molar-refractivity contribution in [2.24, 2.45) is 0 Å². The quantitative estimate of drug-likeness (QED) is 0.830. The van der Waals surface area contributed by atoms with Crippen LogP contribution in [0.3, 0.4) is 0 Å². The van der Waals surface area contributed by atoms with Crippen LogP contribution in [0.2, 0.25) is 0 Å². The molecule has 0 saturated carbocycles. The Bertz CT molecular complexity index is 601. The van der Waals surface area contributed by atoms with Gasteiger partial charge >= 0.3 is 0 Å². The molecule has 0 spiro atoms. The summed E-state index contributed by atoms with van der Waals surface area (Å²) in [5, 5.41) is 13.2. The monoisotopic (exact) mass is 349 g/mol. The lowest BCUT2D eigenvalue weighted by Gasteiger charge is -2.16. The van der Waals surface area contributed by atoms with Crippen molar-refractivity contribution < 1.29 is 9.84 Å². The van der Waals surface area contributed by atoms with E-state index in [0.717, 1.165) is 27.0 Å². The maximum atomic E-state index is 10.0. The zero-order valence-electron chi connectivity index (χ0n) is 12.3. The van der Waals surface area contributed by atoms with Gasteiger partial charge in [0.05, 0.1) is 0 Å². The van der Waals surface area contributed by atoms with Gasteiger partial charge in [0.1, 0.15) is 18.5 Å². The minimum atomic E-state index is -0.566. The number of anilines is 1. The van der Waals surface area contributed by atoms with Gasteiger partial charge in [-0.15, -0.1) is 0 Å². The predicted molar refractivity (Wildman–Crippen MR) is 90.0 cm³/mol. The van der Waals surface area contributed by atoms with Crippen molar-refractivity contribution in [1.82, 2.24) is 0 Å². The molecule has 112 valence electrons. The zero-order chi connectivity index (χ0) is 15.2. The van der Waals surface area contributed by atoms with Gasteiger partial charge in [0.15, 0.2) is 0 Å². The average molecular weight is 350 g/mol. The van der Waals surface area contributed by atoms with Crippen molar-refractivity contribution in [2.75, 3.05) is 18.5 Å². The first-order valence-corrected chi connectivity index (χ1v) is 7.72. The van der Waals surface area contributed by atoms with E-state index in [1.807, 2.05) is 56.3 Å². The largest absolute Gasteiger partial charge is 0.491 e. The Kier molecular flexibility index (Phi) is 5.65. The van der Waals surface area contributed by atoms with E-state index >= 15 is 0 Å². The highest BCUT2D eigenvalue weighted by molar-refractivity contribution is 9.10. The molecule has 2 N–H and O–H groups in total. The van der Waals surface area contributed by atoms with Gasteiger partial charge in [0.25, 0.3) is 0 Å².